The lowest BCUT2D eigenvalue weighted by molar-refractivity contribution is 0.0506. The molecule has 2 unspecified atom stereocenters. The third-order valence-corrected chi connectivity index (χ3v) is 3.91. The van der Waals surface area contributed by atoms with Gasteiger partial charge >= 0.3 is 11.8 Å². The molecule has 1 heterocycles. The number of carbonyl (C=O) groups excluding carboxylic acids is 1. The molecule has 1 amide bonds. The summed E-state index contributed by atoms with van der Waals surface area (Å²) in [6, 6.07) is 0. The second kappa shape index (κ2) is 6.98. The molecule has 2 atom stereocenters. The fraction of sp³-hybridized carbons (Fsp3) is 0.800. The van der Waals surface area contributed by atoms with Crippen molar-refractivity contribution in [3.05, 3.63) is 16.4 Å². The number of aromatic amines is 1. The fourth-order valence-electron chi connectivity index (χ4n) is 2.95. The molecule has 2 N–H and O–H groups in total. The standard InChI is InChI=1S/C15H25N3O4/c1-15(2,3)21-13(19)16-9-11-7-5-4-6-10(11)8-12-17-14(20)22-18-12/h10-11H,4-9H2,1-3H3,(H,16,19)(H,17,18,20). The lowest BCUT2D eigenvalue weighted by atomic mass is 9.77. The largest absolute Gasteiger partial charge is 0.444 e. The smallest absolute Gasteiger partial charge is 0.438 e. The maximum Gasteiger partial charge on any atom is 0.438 e. The highest BCUT2D eigenvalue weighted by atomic mass is 16.6. The van der Waals surface area contributed by atoms with Crippen LogP contribution in [0.2, 0.25) is 0 Å². The minimum atomic E-state index is -0.519. The summed E-state index contributed by atoms with van der Waals surface area (Å²) in [6.07, 6.45) is 4.74. The molecule has 0 aliphatic heterocycles. The van der Waals surface area contributed by atoms with E-state index < -0.39 is 11.4 Å². The number of nitrogens with zero attached hydrogens (tertiary/aromatic N) is 1. The van der Waals surface area contributed by atoms with Crippen LogP contribution in [0.25, 0.3) is 0 Å². The van der Waals surface area contributed by atoms with Crippen LogP contribution in [-0.2, 0) is 11.2 Å². The van der Waals surface area contributed by atoms with Crippen LogP contribution >= 0.6 is 0 Å². The number of carbonyl (C=O) groups is 1. The number of rotatable bonds is 4. The van der Waals surface area contributed by atoms with Crippen LogP contribution in [0.5, 0.6) is 0 Å². The molecular weight excluding hydrogens is 286 g/mol. The molecule has 0 aromatic carbocycles. The van der Waals surface area contributed by atoms with E-state index in [0.29, 0.717) is 30.6 Å². The van der Waals surface area contributed by atoms with E-state index in [1.54, 1.807) is 0 Å². The second-order valence-electron chi connectivity index (χ2n) is 6.93. The van der Waals surface area contributed by atoms with Crippen LogP contribution in [0.15, 0.2) is 9.32 Å². The molecular formula is C15H25N3O4. The van der Waals surface area contributed by atoms with Crippen LogP contribution in [0, 0.1) is 11.8 Å². The molecule has 1 aromatic heterocycles. The number of H-pyrrole nitrogens is 1. The number of ether oxygens (including phenoxy) is 1. The van der Waals surface area contributed by atoms with Crippen molar-refractivity contribution in [2.75, 3.05) is 6.54 Å². The maximum absolute atomic E-state index is 11.8. The fourth-order valence-corrected chi connectivity index (χ4v) is 2.95. The zero-order chi connectivity index (χ0) is 16.2. The van der Waals surface area contributed by atoms with Gasteiger partial charge in [-0.05, 0) is 45.4 Å². The zero-order valence-corrected chi connectivity index (χ0v) is 13.5. The number of hydrogen-bond donors (Lipinski definition) is 2. The molecule has 22 heavy (non-hydrogen) atoms. The van der Waals surface area contributed by atoms with Gasteiger partial charge in [0.05, 0.1) is 0 Å². The highest BCUT2D eigenvalue weighted by Gasteiger charge is 2.27. The first-order valence-electron chi connectivity index (χ1n) is 7.85. The van der Waals surface area contributed by atoms with Gasteiger partial charge in [-0.25, -0.2) is 9.59 Å². The van der Waals surface area contributed by atoms with Gasteiger partial charge in [0.25, 0.3) is 0 Å². The lowest BCUT2D eigenvalue weighted by Crippen LogP contribution is -2.38. The number of alkyl carbamates (subject to hydrolysis) is 1. The first-order valence-corrected chi connectivity index (χ1v) is 7.85. The van der Waals surface area contributed by atoms with Crippen LogP contribution in [0.4, 0.5) is 4.79 Å². The SMILES string of the molecule is CC(C)(C)OC(=O)NCC1CCCCC1Cc1noc(=O)[nH]1. The maximum atomic E-state index is 11.8. The van der Waals surface area contributed by atoms with E-state index in [1.807, 2.05) is 20.8 Å². The Kier molecular flexibility index (Phi) is 5.26. The van der Waals surface area contributed by atoms with E-state index >= 15 is 0 Å². The van der Waals surface area contributed by atoms with Crippen molar-refractivity contribution in [1.82, 2.24) is 15.5 Å². The van der Waals surface area contributed by atoms with Gasteiger partial charge in [-0.15, -0.1) is 0 Å². The van der Waals surface area contributed by atoms with E-state index in [1.165, 1.54) is 0 Å². The summed E-state index contributed by atoms with van der Waals surface area (Å²) in [5, 5.41) is 6.59. The Hall–Kier alpha value is -1.79. The summed E-state index contributed by atoms with van der Waals surface area (Å²) >= 11 is 0. The second-order valence-corrected chi connectivity index (χ2v) is 6.93. The normalized spacial score (nSPS) is 22.3. The number of aromatic nitrogens is 2. The summed E-state index contributed by atoms with van der Waals surface area (Å²) in [5.41, 5.74) is -0.490. The molecule has 1 saturated carbocycles. The Balaban J connectivity index is 1.87. The predicted molar refractivity (Wildman–Crippen MR) is 80.5 cm³/mol. The first-order chi connectivity index (χ1) is 10.3. The van der Waals surface area contributed by atoms with Crippen molar-refractivity contribution >= 4 is 6.09 Å². The number of nitrogens with one attached hydrogen (secondary N) is 2. The van der Waals surface area contributed by atoms with Gasteiger partial charge in [-0.2, -0.15) is 0 Å². The molecule has 1 aliphatic carbocycles. The highest BCUT2D eigenvalue weighted by Crippen LogP contribution is 2.31. The van der Waals surface area contributed by atoms with E-state index in [4.69, 9.17) is 4.74 Å². The summed E-state index contributed by atoms with van der Waals surface area (Å²) in [4.78, 5) is 25.4. The molecule has 1 aromatic rings. The average molecular weight is 311 g/mol. The van der Waals surface area contributed by atoms with Crippen molar-refractivity contribution in [1.29, 1.82) is 0 Å². The Morgan fingerprint density at radius 2 is 2.05 bits per heavy atom. The van der Waals surface area contributed by atoms with Crippen molar-refractivity contribution < 1.29 is 14.1 Å². The summed E-state index contributed by atoms with van der Waals surface area (Å²) in [6.45, 7) is 6.12. The molecule has 0 bridgehead atoms. The quantitative estimate of drug-likeness (QED) is 0.888. The average Bonchev–Trinajstić information content (AvgIpc) is 2.81. The molecule has 0 radical (unpaired) electrons. The van der Waals surface area contributed by atoms with Crippen LogP contribution in [0.1, 0.15) is 52.3 Å². The van der Waals surface area contributed by atoms with Crippen LogP contribution in [0.3, 0.4) is 0 Å². The molecule has 0 spiro atoms. The van der Waals surface area contributed by atoms with Gasteiger partial charge in [0, 0.05) is 13.0 Å². The van der Waals surface area contributed by atoms with Crippen molar-refractivity contribution in [3.63, 3.8) is 0 Å². The van der Waals surface area contributed by atoms with Crippen molar-refractivity contribution in [2.24, 2.45) is 11.8 Å². The Labute approximate surface area is 129 Å². The predicted octanol–water partition coefficient (Wildman–Crippen LogP) is 2.24. The van der Waals surface area contributed by atoms with Crippen molar-refractivity contribution in [3.8, 4) is 0 Å². The molecule has 7 heteroatoms. The van der Waals surface area contributed by atoms with E-state index in [0.717, 1.165) is 25.7 Å². The molecule has 1 aliphatic rings. The Morgan fingerprint density at radius 1 is 1.36 bits per heavy atom. The number of amides is 1. The first kappa shape index (κ1) is 16.6. The molecule has 0 saturated heterocycles. The van der Waals surface area contributed by atoms with Gasteiger partial charge in [-0.3, -0.25) is 9.51 Å². The lowest BCUT2D eigenvalue weighted by Gasteiger charge is -2.31. The monoisotopic (exact) mass is 311 g/mol. The summed E-state index contributed by atoms with van der Waals surface area (Å²) < 4.78 is 9.80. The van der Waals surface area contributed by atoms with Crippen LogP contribution in [-0.4, -0.2) is 28.4 Å². The van der Waals surface area contributed by atoms with Gasteiger partial charge in [-0.1, -0.05) is 18.0 Å². The highest BCUT2D eigenvalue weighted by molar-refractivity contribution is 5.67. The summed E-state index contributed by atoms with van der Waals surface area (Å²) in [5.74, 6) is 0.805. The summed E-state index contributed by atoms with van der Waals surface area (Å²) in [7, 11) is 0. The van der Waals surface area contributed by atoms with Gasteiger partial charge in [0.15, 0.2) is 5.82 Å². The minimum Gasteiger partial charge on any atom is -0.444 e. The Bertz CT molecular complexity index is 543. The number of hydrogen-bond acceptors (Lipinski definition) is 5. The van der Waals surface area contributed by atoms with Gasteiger partial charge in [0.1, 0.15) is 5.60 Å². The molecule has 1 fully saturated rings. The van der Waals surface area contributed by atoms with Crippen molar-refractivity contribution in [2.45, 2.75) is 58.5 Å². The van der Waals surface area contributed by atoms with E-state index in [2.05, 4.69) is 20.0 Å². The molecule has 7 nitrogen and oxygen atoms in total. The Morgan fingerprint density at radius 3 is 2.64 bits per heavy atom. The van der Waals surface area contributed by atoms with E-state index in [-0.39, 0.29) is 6.09 Å². The third kappa shape index (κ3) is 5.20. The molecule has 124 valence electrons. The van der Waals surface area contributed by atoms with E-state index in [9.17, 15) is 9.59 Å². The third-order valence-electron chi connectivity index (χ3n) is 3.91. The van der Waals surface area contributed by atoms with Gasteiger partial charge in [0.2, 0.25) is 0 Å². The van der Waals surface area contributed by atoms with Gasteiger partial charge < -0.3 is 10.1 Å². The molecule has 2 rings (SSSR count). The topological polar surface area (TPSA) is 97.2 Å². The minimum absolute atomic E-state index is 0.362. The van der Waals surface area contributed by atoms with Crippen LogP contribution < -0.4 is 11.1 Å². The zero-order valence-electron chi connectivity index (χ0n) is 13.5.